The van der Waals surface area contributed by atoms with Crippen molar-refractivity contribution in [3.05, 3.63) is 35.9 Å². The van der Waals surface area contributed by atoms with Crippen LogP contribution >= 0.6 is 0 Å². The topological polar surface area (TPSA) is 19.0 Å². The van der Waals surface area contributed by atoms with Gasteiger partial charge in [0.2, 0.25) is 0 Å². The summed E-state index contributed by atoms with van der Waals surface area (Å²) in [5, 5.41) is 1.31. The van der Waals surface area contributed by atoms with Crippen LogP contribution in [0.1, 0.15) is 5.56 Å². The highest BCUT2D eigenvalue weighted by molar-refractivity contribution is 5.96. The van der Waals surface area contributed by atoms with Gasteiger partial charge in [-0.15, -0.1) is 0 Å². The van der Waals surface area contributed by atoms with Crippen LogP contribution in [-0.2, 0) is 0 Å². The van der Waals surface area contributed by atoms with Crippen molar-refractivity contribution in [2.24, 2.45) is 0 Å². The van der Waals surface area contributed by atoms with Gasteiger partial charge in [-0.3, -0.25) is 0 Å². The minimum atomic E-state index is 0.986. The largest absolute Gasteiger partial charge is 0.357 e. The Morgan fingerprint density at radius 1 is 1.29 bits per heavy atom. The highest BCUT2D eigenvalue weighted by Gasteiger charge is 2.14. The number of rotatable bonds is 0. The van der Waals surface area contributed by atoms with Gasteiger partial charge in [0.15, 0.2) is 0 Å². The Morgan fingerprint density at radius 2 is 2.14 bits per heavy atom. The Balaban J connectivity index is 2.39. The summed E-state index contributed by atoms with van der Waals surface area (Å²) in [6.45, 7) is 0.986. The second-order valence-corrected chi connectivity index (χ2v) is 3.72. The normalized spacial score (nSPS) is 14.8. The number of hydrogen-bond donors (Lipinski definition) is 1. The van der Waals surface area contributed by atoms with Crippen molar-refractivity contribution in [3.63, 3.8) is 0 Å². The predicted molar refractivity (Wildman–Crippen MR) is 60.6 cm³/mol. The molecule has 0 saturated carbocycles. The number of benzene rings is 1. The lowest BCUT2D eigenvalue weighted by atomic mass is 10.1. The first kappa shape index (κ1) is 7.68. The van der Waals surface area contributed by atoms with E-state index in [1.807, 2.05) is 0 Å². The van der Waals surface area contributed by atoms with Gasteiger partial charge in [-0.05, 0) is 6.07 Å². The van der Waals surface area contributed by atoms with Crippen molar-refractivity contribution in [3.8, 4) is 0 Å². The van der Waals surface area contributed by atoms with Gasteiger partial charge in [0.05, 0.1) is 0 Å². The summed E-state index contributed by atoms with van der Waals surface area (Å²) in [6, 6.07) is 8.43. The van der Waals surface area contributed by atoms with Crippen LogP contribution in [0, 0.1) is 0 Å². The standard InChI is InChI=1S/C12H12N2/c1-14-8-4-6-10-9-5-2-3-7-11(9)13-12(10)14/h2-7,13H,8H2,1H3. The second kappa shape index (κ2) is 2.64. The SMILES string of the molecule is CN1CC=Cc2c1[nH]c1ccccc21. The van der Waals surface area contributed by atoms with Gasteiger partial charge in [0, 0.05) is 30.1 Å². The van der Waals surface area contributed by atoms with Crippen LogP contribution in [0.15, 0.2) is 30.3 Å². The highest BCUT2D eigenvalue weighted by atomic mass is 15.2. The molecule has 0 atom stereocenters. The third-order valence-corrected chi connectivity index (χ3v) is 2.77. The molecule has 3 rings (SSSR count). The van der Waals surface area contributed by atoms with Gasteiger partial charge in [0.1, 0.15) is 5.82 Å². The summed E-state index contributed by atoms with van der Waals surface area (Å²) < 4.78 is 0. The van der Waals surface area contributed by atoms with E-state index >= 15 is 0 Å². The number of para-hydroxylation sites is 1. The second-order valence-electron chi connectivity index (χ2n) is 3.72. The van der Waals surface area contributed by atoms with Crippen LogP contribution in [0.3, 0.4) is 0 Å². The molecule has 70 valence electrons. The minimum Gasteiger partial charge on any atom is -0.357 e. The average molecular weight is 184 g/mol. The van der Waals surface area contributed by atoms with Crippen molar-refractivity contribution in [1.29, 1.82) is 0 Å². The number of H-pyrrole nitrogens is 1. The first-order valence-electron chi connectivity index (χ1n) is 4.84. The fraction of sp³-hybridized carbons (Fsp3) is 0.167. The lowest BCUT2D eigenvalue weighted by molar-refractivity contribution is 0.996. The van der Waals surface area contributed by atoms with Crippen LogP contribution in [0.4, 0.5) is 5.82 Å². The molecule has 0 amide bonds. The molecule has 1 aliphatic rings. The summed E-state index contributed by atoms with van der Waals surface area (Å²) >= 11 is 0. The van der Waals surface area contributed by atoms with E-state index in [0.29, 0.717) is 0 Å². The number of anilines is 1. The fourth-order valence-electron chi connectivity index (χ4n) is 2.04. The highest BCUT2D eigenvalue weighted by Crippen LogP contribution is 2.31. The van der Waals surface area contributed by atoms with Gasteiger partial charge in [-0.2, -0.15) is 0 Å². The van der Waals surface area contributed by atoms with Crippen LogP contribution in [0.5, 0.6) is 0 Å². The summed E-state index contributed by atoms with van der Waals surface area (Å²) in [6.07, 6.45) is 4.40. The van der Waals surface area contributed by atoms with Gasteiger partial charge < -0.3 is 9.88 Å². The summed E-state index contributed by atoms with van der Waals surface area (Å²) in [5.74, 6) is 1.23. The van der Waals surface area contributed by atoms with Crippen molar-refractivity contribution < 1.29 is 0 Å². The first-order chi connectivity index (χ1) is 6.86. The molecule has 2 aromatic rings. The quantitative estimate of drug-likeness (QED) is 0.666. The molecule has 1 aromatic carbocycles. The third-order valence-electron chi connectivity index (χ3n) is 2.77. The number of fused-ring (bicyclic) bond motifs is 3. The van der Waals surface area contributed by atoms with E-state index in [1.165, 1.54) is 22.3 Å². The predicted octanol–water partition coefficient (Wildman–Crippen LogP) is 2.63. The molecule has 0 bridgehead atoms. The van der Waals surface area contributed by atoms with Gasteiger partial charge in [-0.1, -0.05) is 30.4 Å². The van der Waals surface area contributed by atoms with Gasteiger partial charge in [-0.25, -0.2) is 0 Å². The molecule has 1 aliphatic heterocycles. The number of hydrogen-bond acceptors (Lipinski definition) is 1. The van der Waals surface area contributed by atoms with Gasteiger partial charge in [0.25, 0.3) is 0 Å². The summed E-state index contributed by atoms with van der Waals surface area (Å²) in [7, 11) is 2.11. The lowest BCUT2D eigenvalue weighted by Gasteiger charge is -2.19. The van der Waals surface area contributed by atoms with E-state index in [2.05, 4.69) is 53.3 Å². The van der Waals surface area contributed by atoms with Crippen molar-refractivity contribution in [2.75, 3.05) is 18.5 Å². The molecule has 14 heavy (non-hydrogen) atoms. The Bertz CT molecular complexity index is 508. The Labute approximate surface area is 82.8 Å². The molecule has 0 spiro atoms. The molecular formula is C12H12N2. The van der Waals surface area contributed by atoms with Crippen LogP contribution < -0.4 is 4.90 Å². The zero-order valence-corrected chi connectivity index (χ0v) is 8.12. The molecule has 2 heteroatoms. The Kier molecular flexibility index (Phi) is 1.45. The molecule has 2 heterocycles. The zero-order valence-electron chi connectivity index (χ0n) is 8.12. The molecule has 1 aromatic heterocycles. The lowest BCUT2D eigenvalue weighted by Crippen LogP contribution is -2.19. The van der Waals surface area contributed by atoms with Crippen LogP contribution in [0.2, 0.25) is 0 Å². The van der Waals surface area contributed by atoms with E-state index in [0.717, 1.165) is 6.54 Å². The molecule has 2 nitrogen and oxygen atoms in total. The average Bonchev–Trinajstić information content (AvgIpc) is 2.59. The van der Waals surface area contributed by atoms with Crippen molar-refractivity contribution in [1.82, 2.24) is 4.98 Å². The van der Waals surface area contributed by atoms with E-state index in [1.54, 1.807) is 0 Å². The fourth-order valence-corrected chi connectivity index (χ4v) is 2.04. The van der Waals surface area contributed by atoms with E-state index < -0.39 is 0 Å². The van der Waals surface area contributed by atoms with Crippen molar-refractivity contribution in [2.45, 2.75) is 0 Å². The number of aromatic nitrogens is 1. The molecule has 0 fully saturated rings. The summed E-state index contributed by atoms with van der Waals surface area (Å²) in [4.78, 5) is 5.67. The van der Waals surface area contributed by atoms with E-state index in [9.17, 15) is 0 Å². The molecular weight excluding hydrogens is 172 g/mol. The molecule has 0 saturated heterocycles. The maximum Gasteiger partial charge on any atom is 0.114 e. The maximum absolute atomic E-state index is 3.44. The van der Waals surface area contributed by atoms with Crippen LogP contribution in [0.25, 0.3) is 17.0 Å². The molecule has 0 aliphatic carbocycles. The molecule has 0 radical (unpaired) electrons. The zero-order chi connectivity index (χ0) is 9.54. The molecule has 1 N–H and O–H groups in total. The summed E-state index contributed by atoms with van der Waals surface area (Å²) in [5.41, 5.74) is 2.53. The Hall–Kier alpha value is -1.70. The maximum atomic E-state index is 3.44. The molecule has 0 unspecified atom stereocenters. The number of aromatic amines is 1. The van der Waals surface area contributed by atoms with E-state index in [4.69, 9.17) is 0 Å². The smallest absolute Gasteiger partial charge is 0.114 e. The van der Waals surface area contributed by atoms with Gasteiger partial charge >= 0.3 is 0 Å². The third kappa shape index (κ3) is 0.909. The number of likely N-dealkylation sites (N-methyl/N-ethyl adjacent to an activating group) is 1. The first-order valence-corrected chi connectivity index (χ1v) is 4.84. The minimum absolute atomic E-state index is 0.986. The van der Waals surface area contributed by atoms with Crippen LogP contribution in [-0.4, -0.2) is 18.6 Å². The number of nitrogens with one attached hydrogen (secondary N) is 1. The van der Waals surface area contributed by atoms with E-state index in [-0.39, 0.29) is 0 Å². The van der Waals surface area contributed by atoms with Crippen molar-refractivity contribution >= 4 is 22.8 Å². The monoisotopic (exact) mass is 184 g/mol. The number of nitrogens with zero attached hydrogens (tertiary/aromatic N) is 1. The Morgan fingerprint density at radius 3 is 3.07 bits per heavy atom.